The number of carbonyl (C=O) groups is 2. The quantitative estimate of drug-likeness (QED) is 0.255. The SMILES string of the molecule is COc1cc(CO)cc(I)c1OC1C=C(C(=O)NCCO)CC(N(Cc2ccc(Cl)cc2Cl)C(=O)C2CCCC2)C1O. The summed E-state index contributed by atoms with van der Waals surface area (Å²) >= 11 is 14.7. The molecule has 2 aliphatic carbocycles. The molecular weight excluding hydrogens is 698 g/mol. The van der Waals surface area contributed by atoms with Crippen LogP contribution in [0.4, 0.5) is 0 Å². The van der Waals surface area contributed by atoms with E-state index in [1.165, 1.54) is 7.11 Å². The zero-order valence-electron chi connectivity index (χ0n) is 23.2. The number of aliphatic hydroxyl groups is 3. The van der Waals surface area contributed by atoms with Gasteiger partial charge in [-0.25, -0.2) is 0 Å². The third-order valence-electron chi connectivity index (χ3n) is 7.68. The lowest BCUT2D eigenvalue weighted by Crippen LogP contribution is -2.55. The van der Waals surface area contributed by atoms with E-state index < -0.39 is 24.2 Å². The molecule has 1 saturated carbocycles. The molecule has 42 heavy (non-hydrogen) atoms. The fourth-order valence-corrected chi connectivity index (χ4v) is 6.76. The van der Waals surface area contributed by atoms with Crippen molar-refractivity contribution in [2.45, 2.75) is 63.5 Å². The van der Waals surface area contributed by atoms with Gasteiger partial charge >= 0.3 is 0 Å². The molecule has 0 bridgehead atoms. The molecule has 2 aromatic rings. The minimum atomic E-state index is -1.21. The van der Waals surface area contributed by atoms with Gasteiger partial charge in [-0.1, -0.05) is 42.1 Å². The number of carbonyl (C=O) groups excluding carboxylic acids is 2. The average molecular weight is 733 g/mol. The Balaban J connectivity index is 1.75. The predicted molar refractivity (Wildman–Crippen MR) is 168 cm³/mol. The van der Waals surface area contributed by atoms with Gasteiger partial charge < -0.3 is 35.0 Å². The van der Waals surface area contributed by atoms with Crippen LogP contribution in [0.5, 0.6) is 11.5 Å². The normalized spacial score (nSPS) is 20.6. The van der Waals surface area contributed by atoms with Gasteiger partial charge in [0.2, 0.25) is 11.8 Å². The van der Waals surface area contributed by atoms with Gasteiger partial charge in [0, 0.05) is 41.0 Å². The molecule has 12 heteroatoms. The number of rotatable bonds is 11. The van der Waals surface area contributed by atoms with E-state index >= 15 is 0 Å². The molecule has 1 fully saturated rings. The van der Waals surface area contributed by atoms with E-state index in [1.807, 2.05) is 0 Å². The third kappa shape index (κ3) is 7.70. The van der Waals surface area contributed by atoms with Gasteiger partial charge in [0.15, 0.2) is 11.5 Å². The zero-order valence-corrected chi connectivity index (χ0v) is 26.9. The van der Waals surface area contributed by atoms with Gasteiger partial charge in [-0.15, -0.1) is 0 Å². The van der Waals surface area contributed by atoms with Crippen LogP contribution in [-0.2, 0) is 22.7 Å². The molecule has 0 radical (unpaired) electrons. The lowest BCUT2D eigenvalue weighted by molar-refractivity contribution is -0.143. The minimum Gasteiger partial charge on any atom is -0.493 e. The second-order valence-electron chi connectivity index (χ2n) is 10.5. The molecular formula is C30H35Cl2IN2O7. The summed E-state index contributed by atoms with van der Waals surface area (Å²) in [6.07, 6.45) is 2.77. The number of aliphatic hydroxyl groups excluding tert-OH is 3. The first-order valence-electron chi connectivity index (χ1n) is 13.8. The van der Waals surface area contributed by atoms with Crippen molar-refractivity contribution in [2.75, 3.05) is 20.3 Å². The number of hydrogen-bond donors (Lipinski definition) is 4. The summed E-state index contributed by atoms with van der Waals surface area (Å²) in [5, 5.41) is 34.2. The van der Waals surface area contributed by atoms with Gasteiger partial charge in [-0.3, -0.25) is 9.59 Å². The van der Waals surface area contributed by atoms with E-state index in [9.17, 15) is 24.9 Å². The summed E-state index contributed by atoms with van der Waals surface area (Å²) in [6, 6.07) is 7.61. The van der Waals surface area contributed by atoms with Gasteiger partial charge in [0.05, 0.1) is 29.9 Å². The summed E-state index contributed by atoms with van der Waals surface area (Å²) in [7, 11) is 1.47. The molecule has 0 aromatic heterocycles. The van der Waals surface area contributed by atoms with Crippen LogP contribution in [0.3, 0.4) is 0 Å². The standard InChI is InChI=1S/C30H35Cl2IN2O7/c1-41-26-11-17(16-37)10-23(33)28(26)42-25-13-20(29(39)34-8-9-36)12-24(27(25)38)35(30(40)18-4-2-3-5-18)15-19-6-7-21(31)14-22(19)32/h6-7,10-11,13-14,18,24-25,27,36-38H,2-5,8-9,12,15-16H2,1H3,(H,34,39). The summed E-state index contributed by atoms with van der Waals surface area (Å²) in [6.45, 7) is -0.272. The highest BCUT2D eigenvalue weighted by Gasteiger charge is 2.42. The third-order valence-corrected chi connectivity index (χ3v) is 9.07. The Kier molecular flexibility index (Phi) is 11.8. The molecule has 2 aromatic carbocycles. The molecule has 3 atom stereocenters. The second-order valence-corrected chi connectivity index (χ2v) is 12.5. The number of methoxy groups -OCH3 is 1. The second kappa shape index (κ2) is 15.1. The number of nitrogens with one attached hydrogen (secondary N) is 1. The number of halogens is 3. The molecule has 0 aliphatic heterocycles. The Morgan fingerprint density at radius 3 is 2.52 bits per heavy atom. The highest BCUT2D eigenvalue weighted by molar-refractivity contribution is 14.1. The van der Waals surface area contributed by atoms with Crippen molar-refractivity contribution in [3.05, 3.63) is 66.7 Å². The van der Waals surface area contributed by atoms with E-state index in [2.05, 4.69) is 27.9 Å². The molecule has 9 nitrogen and oxygen atoms in total. The fourth-order valence-electron chi connectivity index (χ4n) is 5.49. The maximum Gasteiger partial charge on any atom is 0.247 e. The van der Waals surface area contributed by atoms with Crippen LogP contribution in [0, 0.1) is 9.49 Å². The van der Waals surface area contributed by atoms with Crippen LogP contribution in [0.2, 0.25) is 10.0 Å². The van der Waals surface area contributed by atoms with E-state index in [0.717, 1.165) is 25.7 Å². The van der Waals surface area contributed by atoms with E-state index in [1.54, 1.807) is 41.3 Å². The van der Waals surface area contributed by atoms with E-state index in [4.69, 9.17) is 32.7 Å². The molecule has 2 amide bonds. The average Bonchev–Trinajstić information content (AvgIpc) is 3.52. The Morgan fingerprint density at radius 1 is 1.14 bits per heavy atom. The molecule has 0 heterocycles. The van der Waals surface area contributed by atoms with Crippen LogP contribution >= 0.6 is 45.8 Å². The van der Waals surface area contributed by atoms with Crippen molar-refractivity contribution >= 4 is 57.6 Å². The minimum absolute atomic E-state index is 0.0500. The van der Waals surface area contributed by atoms with Gasteiger partial charge in [-0.05, 0) is 76.9 Å². The first kappa shape index (κ1) is 32.8. The maximum absolute atomic E-state index is 14.0. The zero-order chi connectivity index (χ0) is 30.4. The molecule has 228 valence electrons. The molecule has 3 unspecified atom stereocenters. The van der Waals surface area contributed by atoms with E-state index in [0.29, 0.717) is 41.8 Å². The maximum atomic E-state index is 14.0. The van der Waals surface area contributed by atoms with Crippen LogP contribution in [-0.4, -0.2) is 70.5 Å². The van der Waals surface area contributed by atoms with Crippen LogP contribution < -0.4 is 14.8 Å². The molecule has 2 aliphatic rings. The van der Waals surface area contributed by atoms with Crippen molar-refractivity contribution in [1.82, 2.24) is 10.2 Å². The molecule has 4 N–H and O–H groups in total. The van der Waals surface area contributed by atoms with Crippen LogP contribution in [0.25, 0.3) is 0 Å². The number of ether oxygens (including phenoxy) is 2. The molecule has 0 saturated heterocycles. The Bertz CT molecular complexity index is 1320. The number of benzene rings is 2. The summed E-state index contributed by atoms with van der Waals surface area (Å²) < 4.78 is 12.5. The van der Waals surface area contributed by atoms with Gasteiger partial charge in [-0.2, -0.15) is 0 Å². The Hall–Kier alpha value is -2.09. The van der Waals surface area contributed by atoms with Gasteiger partial charge in [0.25, 0.3) is 0 Å². The van der Waals surface area contributed by atoms with Gasteiger partial charge in [0.1, 0.15) is 12.2 Å². The Morgan fingerprint density at radius 2 is 1.88 bits per heavy atom. The lowest BCUT2D eigenvalue weighted by atomic mass is 9.87. The predicted octanol–water partition coefficient (Wildman–Crippen LogP) is 4.23. The highest BCUT2D eigenvalue weighted by atomic mass is 127. The molecule has 4 rings (SSSR count). The monoisotopic (exact) mass is 732 g/mol. The largest absolute Gasteiger partial charge is 0.493 e. The van der Waals surface area contributed by atoms with Crippen LogP contribution in [0.1, 0.15) is 43.2 Å². The van der Waals surface area contributed by atoms with Crippen LogP contribution in [0.15, 0.2) is 42.0 Å². The smallest absolute Gasteiger partial charge is 0.247 e. The first-order chi connectivity index (χ1) is 20.2. The number of amides is 2. The number of hydrogen-bond acceptors (Lipinski definition) is 7. The summed E-state index contributed by atoms with van der Waals surface area (Å²) in [5.41, 5.74) is 1.60. The highest BCUT2D eigenvalue weighted by Crippen LogP contribution is 2.38. The van der Waals surface area contributed by atoms with Crippen molar-refractivity contribution < 1.29 is 34.4 Å². The topological polar surface area (TPSA) is 129 Å². The van der Waals surface area contributed by atoms with Crippen molar-refractivity contribution in [1.29, 1.82) is 0 Å². The Labute approximate surface area is 268 Å². The summed E-state index contributed by atoms with van der Waals surface area (Å²) in [5.74, 6) is -0.0534. The molecule has 0 spiro atoms. The van der Waals surface area contributed by atoms with Crippen molar-refractivity contribution in [3.63, 3.8) is 0 Å². The number of nitrogens with zero attached hydrogens (tertiary/aromatic N) is 1. The van der Waals surface area contributed by atoms with Crippen molar-refractivity contribution in [2.24, 2.45) is 5.92 Å². The summed E-state index contributed by atoms with van der Waals surface area (Å²) in [4.78, 5) is 28.8. The fraction of sp³-hybridized carbons (Fsp3) is 0.467. The van der Waals surface area contributed by atoms with E-state index in [-0.39, 0.29) is 44.5 Å². The lowest BCUT2D eigenvalue weighted by Gasteiger charge is -2.41. The first-order valence-corrected chi connectivity index (χ1v) is 15.7. The van der Waals surface area contributed by atoms with Crippen molar-refractivity contribution in [3.8, 4) is 11.5 Å².